The number of benzene rings is 3. The molecular weight excluding hydrogens is 442 g/mol. The molecule has 0 saturated heterocycles. The number of hydrogen-bond donors (Lipinski definition) is 1. The Balaban J connectivity index is 1.54. The van der Waals surface area contributed by atoms with E-state index >= 15 is 0 Å². The summed E-state index contributed by atoms with van der Waals surface area (Å²) in [4.78, 5) is 24.4. The van der Waals surface area contributed by atoms with Crippen molar-refractivity contribution in [2.24, 2.45) is 0 Å². The lowest BCUT2D eigenvalue weighted by molar-refractivity contribution is -0.118. The fraction of sp³-hybridized carbons (Fsp3) is 0.120. The first-order valence-electron chi connectivity index (χ1n) is 9.49. The minimum Gasteiger partial charge on any atom is -0.483 e. The first-order valence-corrected chi connectivity index (χ1v) is 10.3. The fourth-order valence-electron chi connectivity index (χ4n) is 2.92. The lowest BCUT2D eigenvalue weighted by atomic mass is 10.1. The Kier molecular flexibility index (Phi) is 7.20. The van der Waals surface area contributed by atoms with Crippen molar-refractivity contribution < 1.29 is 14.3 Å². The summed E-state index contributed by atoms with van der Waals surface area (Å²) in [6.07, 6.45) is 3.29. The molecule has 0 aliphatic carbocycles. The molecule has 3 aromatic carbocycles. The molecule has 0 heterocycles. The van der Waals surface area contributed by atoms with Crippen LogP contribution in [0.2, 0.25) is 0 Å². The maximum Gasteiger partial charge on any atom is 0.262 e. The smallest absolute Gasteiger partial charge is 0.262 e. The normalized spacial score (nSPS) is 10.8. The van der Waals surface area contributed by atoms with E-state index in [1.54, 1.807) is 30.3 Å². The van der Waals surface area contributed by atoms with E-state index in [2.05, 4.69) is 21.2 Å². The van der Waals surface area contributed by atoms with Crippen LogP contribution in [0, 0.1) is 13.8 Å². The third-order valence-corrected chi connectivity index (χ3v) is 5.04. The number of halogens is 1. The predicted molar refractivity (Wildman–Crippen MR) is 124 cm³/mol. The molecule has 30 heavy (non-hydrogen) atoms. The summed E-state index contributed by atoms with van der Waals surface area (Å²) < 4.78 is 6.61. The number of aryl methyl sites for hydroxylation is 2. The molecule has 0 aliphatic rings. The zero-order chi connectivity index (χ0) is 21.5. The maximum absolute atomic E-state index is 12.2. The molecule has 0 atom stereocenters. The number of carbonyl (C=O) groups excluding carboxylic acids is 2. The van der Waals surface area contributed by atoms with Crippen molar-refractivity contribution in [3.05, 3.63) is 99.5 Å². The van der Waals surface area contributed by atoms with Crippen molar-refractivity contribution in [3.8, 4) is 5.75 Å². The van der Waals surface area contributed by atoms with E-state index in [4.69, 9.17) is 4.74 Å². The highest BCUT2D eigenvalue weighted by atomic mass is 79.9. The van der Waals surface area contributed by atoms with Crippen LogP contribution in [0.5, 0.6) is 5.75 Å². The van der Waals surface area contributed by atoms with Crippen LogP contribution in [0.4, 0.5) is 5.69 Å². The minimum absolute atomic E-state index is 0.0605. The third kappa shape index (κ3) is 5.91. The van der Waals surface area contributed by atoms with E-state index < -0.39 is 0 Å². The van der Waals surface area contributed by atoms with E-state index in [-0.39, 0.29) is 18.3 Å². The molecule has 3 rings (SSSR count). The van der Waals surface area contributed by atoms with Crippen LogP contribution in [0.3, 0.4) is 0 Å². The summed E-state index contributed by atoms with van der Waals surface area (Å²) in [5.41, 5.74) is 4.15. The second-order valence-corrected chi connectivity index (χ2v) is 7.80. The Bertz CT molecular complexity index is 1050. The first kappa shape index (κ1) is 21.5. The Labute approximate surface area is 184 Å². The van der Waals surface area contributed by atoms with Gasteiger partial charge in [0.15, 0.2) is 12.4 Å². The second-order valence-electron chi connectivity index (χ2n) is 6.88. The summed E-state index contributed by atoms with van der Waals surface area (Å²) >= 11 is 3.35. The quantitative estimate of drug-likeness (QED) is 0.346. The van der Waals surface area contributed by atoms with Gasteiger partial charge >= 0.3 is 0 Å². The highest BCUT2D eigenvalue weighted by Crippen LogP contribution is 2.22. The maximum atomic E-state index is 12.2. The number of allylic oxidation sites excluding steroid dienone is 1. The number of para-hydroxylation sites is 1. The molecule has 0 aromatic heterocycles. The van der Waals surface area contributed by atoms with Crippen molar-refractivity contribution in [2.75, 3.05) is 11.9 Å². The molecule has 1 N–H and O–H groups in total. The highest BCUT2D eigenvalue weighted by Gasteiger charge is 2.08. The minimum atomic E-state index is -0.230. The molecule has 0 aliphatic heterocycles. The van der Waals surface area contributed by atoms with E-state index in [1.165, 1.54) is 6.08 Å². The molecule has 5 heteroatoms. The molecule has 4 nitrogen and oxygen atoms in total. The Morgan fingerprint density at radius 2 is 1.57 bits per heavy atom. The van der Waals surface area contributed by atoms with Gasteiger partial charge in [0.05, 0.1) is 0 Å². The summed E-state index contributed by atoms with van der Waals surface area (Å²) in [6.45, 7) is 3.84. The number of anilines is 1. The molecule has 0 spiro atoms. The van der Waals surface area contributed by atoms with Crippen molar-refractivity contribution in [1.29, 1.82) is 0 Å². The SMILES string of the molecule is Cc1cccc(C)c1OCC(=O)Nc1ccc(/C=C/C(=O)c2ccc(Br)cc2)cc1. The lowest BCUT2D eigenvalue weighted by Gasteiger charge is -2.12. The molecule has 1 amide bonds. The Hall–Kier alpha value is -3.18. The van der Waals surface area contributed by atoms with Crippen molar-refractivity contribution in [3.63, 3.8) is 0 Å². The van der Waals surface area contributed by atoms with Crippen molar-refractivity contribution >= 4 is 39.4 Å². The van der Waals surface area contributed by atoms with E-state index in [0.29, 0.717) is 11.3 Å². The third-order valence-electron chi connectivity index (χ3n) is 4.51. The number of nitrogens with one attached hydrogen (secondary N) is 1. The number of rotatable bonds is 7. The van der Waals surface area contributed by atoms with Gasteiger partial charge in [0.25, 0.3) is 5.91 Å². The standard InChI is InChI=1S/C25H22BrNO3/c1-17-4-3-5-18(2)25(17)30-16-24(29)27-22-13-6-19(7-14-22)8-15-23(28)20-9-11-21(26)12-10-20/h3-15H,16H2,1-2H3,(H,27,29)/b15-8+. The molecule has 152 valence electrons. The number of ketones is 1. The van der Waals surface area contributed by atoms with Gasteiger partial charge in [-0.1, -0.05) is 52.3 Å². The predicted octanol–water partition coefficient (Wildman–Crippen LogP) is 5.98. The summed E-state index contributed by atoms with van der Waals surface area (Å²) in [7, 11) is 0. The summed E-state index contributed by atoms with van der Waals surface area (Å²) in [5, 5.41) is 2.81. The monoisotopic (exact) mass is 463 g/mol. The van der Waals surface area contributed by atoms with Crippen LogP contribution in [0.1, 0.15) is 27.0 Å². The summed E-state index contributed by atoms with van der Waals surface area (Å²) in [5.74, 6) is 0.443. The molecule has 0 bridgehead atoms. The number of amides is 1. The van der Waals surface area contributed by atoms with E-state index in [1.807, 2.05) is 56.3 Å². The second kappa shape index (κ2) is 10.0. The van der Waals surface area contributed by atoms with E-state index in [9.17, 15) is 9.59 Å². The van der Waals surface area contributed by atoms with E-state index in [0.717, 1.165) is 26.9 Å². The van der Waals surface area contributed by atoms with Gasteiger partial charge in [0.2, 0.25) is 0 Å². The lowest BCUT2D eigenvalue weighted by Crippen LogP contribution is -2.20. The van der Waals surface area contributed by atoms with Gasteiger partial charge in [-0.25, -0.2) is 0 Å². The number of ether oxygens (including phenoxy) is 1. The molecule has 0 fully saturated rings. The van der Waals surface area contributed by atoms with Crippen molar-refractivity contribution in [1.82, 2.24) is 0 Å². The molecule has 0 unspecified atom stereocenters. The van der Waals surface area contributed by atoms with Crippen LogP contribution in [-0.4, -0.2) is 18.3 Å². The average Bonchev–Trinajstić information content (AvgIpc) is 2.73. The topological polar surface area (TPSA) is 55.4 Å². The molecule has 0 radical (unpaired) electrons. The van der Waals surface area contributed by atoms with Gasteiger partial charge in [-0.05, 0) is 73.0 Å². The zero-order valence-corrected chi connectivity index (χ0v) is 18.4. The largest absolute Gasteiger partial charge is 0.483 e. The molecule has 0 saturated carbocycles. The van der Waals surface area contributed by atoms with Gasteiger partial charge in [-0.3, -0.25) is 9.59 Å². The summed E-state index contributed by atoms with van der Waals surface area (Å²) in [6, 6.07) is 20.3. The van der Waals surface area contributed by atoms with Gasteiger partial charge in [-0.15, -0.1) is 0 Å². The van der Waals surface area contributed by atoms with Crippen LogP contribution in [-0.2, 0) is 4.79 Å². The first-order chi connectivity index (χ1) is 14.4. The fourth-order valence-corrected chi connectivity index (χ4v) is 3.19. The van der Waals surface area contributed by atoms with Crippen LogP contribution in [0.25, 0.3) is 6.08 Å². The zero-order valence-electron chi connectivity index (χ0n) is 16.8. The Morgan fingerprint density at radius 3 is 2.20 bits per heavy atom. The highest BCUT2D eigenvalue weighted by molar-refractivity contribution is 9.10. The van der Waals surface area contributed by atoms with Crippen LogP contribution >= 0.6 is 15.9 Å². The molecular formula is C25H22BrNO3. The van der Waals surface area contributed by atoms with Gasteiger partial charge < -0.3 is 10.1 Å². The number of hydrogen-bond acceptors (Lipinski definition) is 3. The van der Waals surface area contributed by atoms with Gasteiger partial charge in [0.1, 0.15) is 5.75 Å². The van der Waals surface area contributed by atoms with Crippen molar-refractivity contribution in [2.45, 2.75) is 13.8 Å². The van der Waals surface area contributed by atoms with Gasteiger partial charge in [0, 0.05) is 15.7 Å². The molecule has 3 aromatic rings. The van der Waals surface area contributed by atoms with Crippen LogP contribution in [0.15, 0.2) is 77.3 Å². The van der Waals surface area contributed by atoms with Crippen LogP contribution < -0.4 is 10.1 Å². The van der Waals surface area contributed by atoms with Gasteiger partial charge in [-0.2, -0.15) is 0 Å². The average molecular weight is 464 g/mol. The number of carbonyl (C=O) groups is 2. The Morgan fingerprint density at radius 1 is 0.933 bits per heavy atom.